The third-order valence-corrected chi connectivity index (χ3v) is 2.30. The fourth-order valence-corrected chi connectivity index (χ4v) is 1.52. The molecule has 84 valence electrons. The second-order valence-electron chi connectivity index (χ2n) is 3.31. The van der Waals surface area contributed by atoms with Gasteiger partial charge in [0, 0.05) is 19.6 Å². The molecule has 0 radical (unpaired) electrons. The standard InChI is InChI=1S/C9H15N3O3/c1-2-12-8(14)5-7(13)11(4-3-10)6-9(12)15/h2-6,10H2,1H3. The minimum Gasteiger partial charge on any atom is -0.332 e. The van der Waals surface area contributed by atoms with E-state index in [4.69, 9.17) is 5.73 Å². The third-order valence-electron chi connectivity index (χ3n) is 2.30. The fourth-order valence-electron chi connectivity index (χ4n) is 1.52. The van der Waals surface area contributed by atoms with Crippen molar-refractivity contribution in [3.63, 3.8) is 0 Å². The van der Waals surface area contributed by atoms with Gasteiger partial charge in [0.05, 0.1) is 0 Å². The van der Waals surface area contributed by atoms with E-state index in [1.165, 1.54) is 4.90 Å². The summed E-state index contributed by atoms with van der Waals surface area (Å²) in [6, 6.07) is 0. The average molecular weight is 213 g/mol. The van der Waals surface area contributed by atoms with Crippen LogP contribution in [0.5, 0.6) is 0 Å². The Hall–Kier alpha value is -1.43. The minimum absolute atomic E-state index is 0.0460. The van der Waals surface area contributed by atoms with Gasteiger partial charge in [-0.15, -0.1) is 0 Å². The number of carbonyl (C=O) groups excluding carboxylic acids is 3. The van der Waals surface area contributed by atoms with Gasteiger partial charge in [-0.05, 0) is 6.92 Å². The van der Waals surface area contributed by atoms with Crippen LogP contribution in [0, 0.1) is 0 Å². The number of nitrogens with two attached hydrogens (primary N) is 1. The summed E-state index contributed by atoms with van der Waals surface area (Å²) in [6.45, 7) is 2.57. The normalized spacial score (nSPS) is 18.4. The smallest absolute Gasteiger partial charge is 0.248 e. The first kappa shape index (κ1) is 11.6. The zero-order chi connectivity index (χ0) is 11.4. The maximum absolute atomic E-state index is 11.6. The molecule has 0 aromatic heterocycles. The highest BCUT2D eigenvalue weighted by molar-refractivity contribution is 6.07. The van der Waals surface area contributed by atoms with Gasteiger partial charge in [0.1, 0.15) is 13.0 Å². The lowest BCUT2D eigenvalue weighted by atomic mass is 10.3. The van der Waals surface area contributed by atoms with Gasteiger partial charge in [0.25, 0.3) is 0 Å². The van der Waals surface area contributed by atoms with E-state index in [1.54, 1.807) is 6.92 Å². The summed E-state index contributed by atoms with van der Waals surface area (Å²) < 4.78 is 0. The van der Waals surface area contributed by atoms with Crippen molar-refractivity contribution in [1.82, 2.24) is 9.80 Å². The first-order valence-corrected chi connectivity index (χ1v) is 4.91. The van der Waals surface area contributed by atoms with Crippen LogP contribution in [0.3, 0.4) is 0 Å². The van der Waals surface area contributed by atoms with Crippen LogP contribution >= 0.6 is 0 Å². The van der Waals surface area contributed by atoms with Crippen molar-refractivity contribution in [2.45, 2.75) is 13.3 Å². The van der Waals surface area contributed by atoms with Crippen LogP contribution in [-0.2, 0) is 14.4 Å². The molecule has 0 aromatic rings. The predicted molar refractivity (Wildman–Crippen MR) is 52.6 cm³/mol. The molecule has 0 bridgehead atoms. The van der Waals surface area contributed by atoms with E-state index in [0.717, 1.165) is 4.90 Å². The van der Waals surface area contributed by atoms with Crippen molar-refractivity contribution in [2.24, 2.45) is 5.73 Å². The van der Waals surface area contributed by atoms with E-state index >= 15 is 0 Å². The monoisotopic (exact) mass is 213 g/mol. The first-order chi connectivity index (χ1) is 7.10. The number of carbonyl (C=O) groups is 3. The highest BCUT2D eigenvalue weighted by Crippen LogP contribution is 2.06. The van der Waals surface area contributed by atoms with E-state index in [-0.39, 0.29) is 24.8 Å². The van der Waals surface area contributed by atoms with Crippen LogP contribution in [0.25, 0.3) is 0 Å². The third kappa shape index (κ3) is 2.53. The van der Waals surface area contributed by atoms with E-state index < -0.39 is 5.91 Å². The van der Waals surface area contributed by atoms with Crippen LogP contribution in [0.15, 0.2) is 0 Å². The van der Waals surface area contributed by atoms with Crippen molar-refractivity contribution < 1.29 is 14.4 Å². The van der Waals surface area contributed by atoms with E-state index in [2.05, 4.69) is 0 Å². The van der Waals surface area contributed by atoms with Gasteiger partial charge in [-0.25, -0.2) is 0 Å². The van der Waals surface area contributed by atoms with Crippen molar-refractivity contribution >= 4 is 17.7 Å². The largest absolute Gasteiger partial charge is 0.332 e. The molecule has 1 heterocycles. The minimum atomic E-state index is -0.424. The summed E-state index contributed by atoms with van der Waals surface area (Å²) in [4.78, 5) is 36.9. The molecule has 1 saturated heterocycles. The van der Waals surface area contributed by atoms with Crippen LogP contribution in [-0.4, -0.2) is 53.7 Å². The quantitative estimate of drug-likeness (QED) is 0.459. The number of likely N-dealkylation sites (N-methyl/N-ethyl adjacent to an activating group) is 1. The molecular weight excluding hydrogens is 198 g/mol. The van der Waals surface area contributed by atoms with Crippen molar-refractivity contribution in [3.8, 4) is 0 Å². The molecule has 0 saturated carbocycles. The van der Waals surface area contributed by atoms with Gasteiger partial charge in [-0.3, -0.25) is 19.3 Å². The van der Waals surface area contributed by atoms with Crippen molar-refractivity contribution in [1.29, 1.82) is 0 Å². The van der Waals surface area contributed by atoms with Gasteiger partial charge in [-0.2, -0.15) is 0 Å². The Balaban J connectivity index is 2.81. The molecule has 0 spiro atoms. The molecule has 1 aliphatic heterocycles. The summed E-state index contributed by atoms with van der Waals surface area (Å²) in [5, 5.41) is 0. The molecule has 2 N–H and O–H groups in total. The lowest BCUT2D eigenvalue weighted by Gasteiger charge is -2.18. The first-order valence-electron chi connectivity index (χ1n) is 4.91. The zero-order valence-electron chi connectivity index (χ0n) is 8.73. The Bertz CT molecular complexity index is 290. The second-order valence-corrected chi connectivity index (χ2v) is 3.31. The molecular formula is C9H15N3O3. The van der Waals surface area contributed by atoms with E-state index in [0.29, 0.717) is 19.6 Å². The summed E-state index contributed by atoms with van der Waals surface area (Å²) >= 11 is 0. The Morgan fingerprint density at radius 1 is 1.20 bits per heavy atom. The molecule has 1 aliphatic rings. The molecule has 1 rings (SSSR count). The highest BCUT2D eigenvalue weighted by Gasteiger charge is 2.30. The summed E-state index contributed by atoms with van der Waals surface area (Å²) in [5.74, 6) is -1.08. The van der Waals surface area contributed by atoms with E-state index in [9.17, 15) is 14.4 Å². The van der Waals surface area contributed by atoms with Gasteiger partial charge < -0.3 is 10.6 Å². The summed E-state index contributed by atoms with van der Waals surface area (Å²) in [7, 11) is 0. The Morgan fingerprint density at radius 2 is 1.87 bits per heavy atom. The predicted octanol–water partition coefficient (Wildman–Crippen LogP) is -1.45. The fraction of sp³-hybridized carbons (Fsp3) is 0.667. The second kappa shape index (κ2) is 4.88. The molecule has 1 fully saturated rings. The molecule has 6 nitrogen and oxygen atoms in total. The lowest BCUT2D eigenvalue weighted by Crippen LogP contribution is -2.40. The topological polar surface area (TPSA) is 83.7 Å². The molecule has 6 heteroatoms. The summed E-state index contributed by atoms with van der Waals surface area (Å²) in [5.41, 5.74) is 5.32. The molecule has 0 unspecified atom stereocenters. The van der Waals surface area contributed by atoms with Gasteiger partial charge in [0.2, 0.25) is 17.7 Å². The number of rotatable bonds is 3. The molecule has 15 heavy (non-hydrogen) atoms. The maximum atomic E-state index is 11.6. The lowest BCUT2D eigenvalue weighted by molar-refractivity contribution is -0.143. The van der Waals surface area contributed by atoms with Gasteiger partial charge in [-0.1, -0.05) is 0 Å². The number of nitrogens with zero attached hydrogens (tertiary/aromatic N) is 2. The van der Waals surface area contributed by atoms with Gasteiger partial charge >= 0.3 is 0 Å². The number of amides is 3. The number of hydrogen-bond acceptors (Lipinski definition) is 4. The molecule has 0 atom stereocenters. The molecule has 3 amide bonds. The molecule has 0 aromatic carbocycles. The van der Waals surface area contributed by atoms with Crippen molar-refractivity contribution in [2.75, 3.05) is 26.2 Å². The van der Waals surface area contributed by atoms with Crippen molar-refractivity contribution in [3.05, 3.63) is 0 Å². The van der Waals surface area contributed by atoms with Crippen LogP contribution < -0.4 is 5.73 Å². The average Bonchev–Trinajstić information content (AvgIpc) is 2.26. The van der Waals surface area contributed by atoms with Crippen LogP contribution in [0.4, 0.5) is 0 Å². The van der Waals surface area contributed by atoms with E-state index in [1.807, 2.05) is 0 Å². The van der Waals surface area contributed by atoms with Crippen LogP contribution in [0.1, 0.15) is 13.3 Å². The summed E-state index contributed by atoms with van der Waals surface area (Å²) in [6.07, 6.45) is -0.237. The Kier molecular flexibility index (Phi) is 3.79. The number of hydrogen-bond donors (Lipinski definition) is 1. The maximum Gasteiger partial charge on any atom is 0.248 e. The number of imide groups is 1. The van der Waals surface area contributed by atoms with Crippen LogP contribution in [0.2, 0.25) is 0 Å². The Morgan fingerprint density at radius 3 is 2.40 bits per heavy atom. The van der Waals surface area contributed by atoms with Gasteiger partial charge in [0.15, 0.2) is 0 Å². The zero-order valence-corrected chi connectivity index (χ0v) is 8.73. The Labute approximate surface area is 88.0 Å². The SMILES string of the molecule is CCN1C(=O)CC(=O)N(CCN)CC1=O. The molecule has 0 aliphatic carbocycles. The highest BCUT2D eigenvalue weighted by atomic mass is 16.2.